The third-order valence-corrected chi connectivity index (χ3v) is 8.81. The highest BCUT2D eigenvalue weighted by molar-refractivity contribution is 5.38. The van der Waals surface area contributed by atoms with Gasteiger partial charge in [-0.15, -0.1) is 0 Å². The van der Waals surface area contributed by atoms with Crippen LogP contribution in [0.2, 0.25) is 0 Å². The van der Waals surface area contributed by atoms with Gasteiger partial charge < -0.3 is 15.3 Å². The summed E-state index contributed by atoms with van der Waals surface area (Å²) in [4.78, 5) is 0. The molecule has 3 nitrogen and oxygen atoms in total. The second-order valence-electron chi connectivity index (χ2n) is 11.7. The van der Waals surface area contributed by atoms with Crippen LogP contribution in [0, 0.1) is 29.1 Å². The quantitative estimate of drug-likeness (QED) is 0.467. The number of hydrogen-bond acceptors (Lipinski definition) is 3. The smallest absolute Gasteiger partial charge is 0.0591 e. The SMILES string of the molecule is C=C1/C(=C\C=C2CCC[C@@]3(C)C2CC[C@@H]3[C@H](C)CCCC(C)(C)O)C[C@@H](O)CC1CO. The third kappa shape index (κ3) is 5.72. The molecule has 0 bridgehead atoms. The van der Waals surface area contributed by atoms with E-state index in [0.717, 1.165) is 29.9 Å². The minimum Gasteiger partial charge on any atom is -0.396 e. The van der Waals surface area contributed by atoms with Crippen molar-refractivity contribution in [1.82, 2.24) is 0 Å². The molecule has 3 rings (SSSR count). The van der Waals surface area contributed by atoms with Gasteiger partial charge in [0.2, 0.25) is 0 Å². The molecule has 0 radical (unpaired) electrons. The summed E-state index contributed by atoms with van der Waals surface area (Å²) in [6.45, 7) is 13.1. The van der Waals surface area contributed by atoms with Gasteiger partial charge in [-0.3, -0.25) is 0 Å². The van der Waals surface area contributed by atoms with E-state index in [0.29, 0.717) is 30.1 Å². The van der Waals surface area contributed by atoms with E-state index in [1.165, 1.54) is 38.5 Å². The summed E-state index contributed by atoms with van der Waals surface area (Å²) in [5.74, 6) is 2.12. The summed E-state index contributed by atoms with van der Waals surface area (Å²) >= 11 is 0. The van der Waals surface area contributed by atoms with Gasteiger partial charge in [-0.25, -0.2) is 0 Å². The Morgan fingerprint density at radius 1 is 1.26 bits per heavy atom. The Hall–Kier alpha value is -0.900. The zero-order valence-corrected chi connectivity index (χ0v) is 20.4. The van der Waals surface area contributed by atoms with Gasteiger partial charge in [0.15, 0.2) is 0 Å². The first kappa shape index (κ1) is 24.7. The lowest BCUT2D eigenvalue weighted by atomic mass is 9.60. The van der Waals surface area contributed by atoms with E-state index < -0.39 is 5.60 Å². The van der Waals surface area contributed by atoms with Crippen molar-refractivity contribution in [3.8, 4) is 0 Å². The summed E-state index contributed by atoms with van der Waals surface area (Å²) < 4.78 is 0. The van der Waals surface area contributed by atoms with E-state index in [2.05, 4.69) is 32.6 Å². The molecular weight excluding hydrogens is 384 g/mol. The van der Waals surface area contributed by atoms with E-state index in [4.69, 9.17) is 0 Å². The molecule has 176 valence electrons. The molecule has 3 aliphatic rings. The molecule has 0 aromatic carbocycles. The van der Waals surface area contributed by atoms with Gasteiger partial charge in [-0.1, -0.05) is 51.0 Å². The first-order valence-corrected chi connectivity index (χ1v) is 12.6. The average molecular weight is 431 g/mol. The molecule has 0 aromatic rings. The topological polar surface area (TPSA) is 60.7 Å². The number of hydrogen-bond donors (Lipinski definition) is 3. The van der Waals surface area contributed by atoms with Gasteiger partial charge >= 0.3 is 0 Å². The fourth-order valence-electron chi connectivity index (χ4n) is 7.04. The van der Waals surface area contributed by atoms with Crippen LogP contribution in [0.25, 0.3) is 0 Å². The Bertz CT molecular complexity index is 698. The molecule has 0 saturated heterocycles. The fraction of sp³-hybridized carbons (Fsp3) is 0.786. The molecule has 6 atom stereocenters. The Kier molecular flexibility index (Phi) is 7.92. The van der Waals surface area contributed by atoms with Crippen molar-refractivity contribution in [3.05, 3.63) is 35.5 Å². The summed E-state index contributed by atoms with van der Waals surface area (Å²) in [6.07, 6.45) is 15.0. The second-order valence-corrected chi connectivity index (χ2v) is 11.7. The predicted molar refractivity (Wildman–Crippen MR) is 129 cm³/mol. The molecule has 3 fully saturated rings. The lowest BCUT2D eigenvalue weighted by molar-refractivity contribution is 0.0596. The highest BCUT2D eigenvalue weighted by atomic mass is 16.3. The van der Waals surface area contributed by atoms with Crippen LogP contribution in [0.5, 0.6) is 0 Å². The average Bonchev–Trinajstić information content (AvgIpc) is 3.04. The Labute approximate surface area is 190 Å². The standard InChI is InChI=1S/C28H46O3/c1-19(8-6-14-27(3,4)31)25-12-13-26-21(9-7-15-28(25,26)5)10-11-22-16-24(30)17-23(18-29)20(22)2/h10-11,19,23-26,29-31H,2,6-9,12-18H2,1,3-5H3/b21-10?,22-11-/t19-,23?,24-,25-,26?,28-/m1/s1. The van der Waals surface area contributed by atoms with Gasteiger partial charge in [-0.05, 0) is 99.5 Å². The molecular formula is C28H46O3. The highest BCUT2D eigenvalue weighted by Gasteiger charge is 2.50. The van der Waals surface area contributed by atoms with E-state index in [1.54, 1.807) is 5.57 Å². The maximum absolute atomic E-state index is 10.2. The lowest BCUT2D eigenvalue weighted by Gasteiger charge is -2.44. The van der Waals surface area contributed by atoms with E-state index in [1.807, 2.05) is 13.8 Å². The summed E-state index contributed by atoms with van der Waals surface area (Å²) in [5, 5.41) is 29.9. The molecule has 2 unspecified atom stereocenters. The van der Waals surface area contributed by atoms with Crippen LogP contribution in [0.3, 0.4) is 0 Å². The van der Waals surface area contributed by atoms with Crippen LogP contribution in [-0.2, 0) is 0 Å². The van der Waals surface area contributed by atoms with Gasteiger partial charge in [-0.2, -0.15) is 0 Å². The maximum atomic E-state index is 10.2. The van der Waals surface area contributed by atoms with Gasteiger partial charge in [0.05, 0.1) is 18.3 Å². The zero-order chi connectivity index (χ0) is 22.8. The Morgan fingerprint density at radius 2 is 2.00 bits per heavy atom. The summed E-state index contributed by atoms with van der Waals surface area (Å²) in [7, 11) is 0. The van der Waals surface area contributed by atoms with Crippen LogP contribution < -0.4 is 0 Å². The molecule has 0 amide bonds. The van der Waals surface area contributed by atoms with Crippen LogP contribution in [0.4, 0.5) is 0 Å². The van der Waals surface area contributed by atoms with Gasteiger partial charge in [0.1, 0.15) is 0 Å². The van der Waals surface area contributed by atoms with Crippen LogP contribution >= 0.6 is 0 Å². The van der Waals surface area contributed by atoms with Crippen molar-refractivity contribution in [2.24, 2.45) is 29.1 Å². The van der Waals surface area contributed by atoms with Gasteiger partial charge in [0.25, 0.3) is 0 Å². The van der Waals surface area contributed by atoms with Crippen molar-refractivity contribution in [1.29, 1.82) is 0 Å². The van der Waals surface area contributed by atoms with Crippen molar-refractivity contribution >= 4 is 0 Å². The molecule has 31 heavy (non-hydrogen) atoms. The lowest BCUT2D eigenvalue weighted by Crippen LogP contribution is -2.36. The first-order valence-electron chi connectivity index (χ1n) is 12.6. The van der Waals surface area contributed by atoms with E-state index in [-0.39, 0.29) is 18.6 Å². The number of aliphatic hydroxyl groups is 3. The summed E-state index contributed by atoms with van der Waals surface area (Å²) in [6, 6.07) is 0. The molecule has 0 heterocycles. The zero-order valence-electron chi connectivity index (χ0n) is 20.4. The second kappa shape index (κ2) is 9.93. The number of allylic oxidation sites excluding steroid dienone is 3. The largest absolute Gasteiger partial charge is 0.396 e. The molecule has 3 aliphatic carbocycles. The third-order valence-electron chi connectivity index (χ3n) is 8.81. The van der Waals surface area contributed by atoms with Crippen LogP contribution in [-0.4, -0.2) is 33.6 Å². The minimum atomic E-state index is -0.554. The molecule has 0 aliphatic heterocycles. The molecule has 0 aromatic heterocycles. The van der Waals surface area contributed by atoms with Crippen molar-refractivity contribution < 1.29 is 15.3 Å². The summed E-state index contributed by atoms with van der Waals surface area (Å²) in [5.41, 5.74) is 3.54. The van der Waals surface area contributed by atoms with Crippen molar-refractivity contribution in [2.45, 2.75) is 104 Å². The van der Waals surface area contributed by atoms with E-state index in [9.17, 15) is 15.3 Å². The Balaban J connectivity index is 1.71. The fourth-order valence-corrected chi connectivity index (χ4v) is 7.04. The number of rotatable bonds is 7. The minimum absolute atomic E-state index is 0.00868. The molecule has 3 heteroatoms. The van der Waals surface area contributed by atoms with E-state index >= 15 is 0 Å². The Morgan fingerprint density at radius 3 is 2.68 bits per heavy atom. The number of fused-ring (bicyclic) bond motifs is 1. The predicted octanol–water partition coefficient (Wildman–Crippen LogP) is 5.95. The number of aliphatic hydroxyl groups excluding tert-OH is 2. The van der Waals surface area contributed by atoms with Crippen LogP contribution in [0.1, 0.15) is 91.9 Å². The van der Waals surface area contributed by atoms with Crippen molar-refractivity contribution in [2.75, 3.05) is 6.61 Å². The normalized spacial score (nSPS) is 38.0. The molecule has 3 saturated carbocycles. The highest BCUT2D eigenvalue weighted by Crippen LogP contribution is 2.60. The van der Waals surface area contributed by atoms with Crippen molar-refractivity contribution in [3.63, 3.8) is 0 Å². The molecule has 3 N–H and O–H groups in total. The maximum Gasteiger partial charge on any atom is 0.0591 e. The molecule has 0 spiro atoms. The van der Waals surface area contributed by atoms with Crippen LogP contribution in [0.15, 0.2) is 35.5 Å². The first-order chi connectivity index (χ1) is 14.5. The monoisotopic (exact) mass is 430 g/mol. The van der Waals surface area contributed by atoms with Gasteiger partial charge in [0, 0.05) is 5.92 Å².